The molecule has 3 rings (SSSR count). The Morgan fingerprint density at radius 1 is 1.07 bits per heavy atom. The lowest BCUT2D eigenvalue weighted by Crippen LogP contribution is -2.35. The van der Waals surface area contributed by atoms with Gasteiger partial charge in [0, 0.05) is 38.3 Å². The fraction of sp³-hybridized carbons (Fsp3) is 0.417. The van der Waals surface area contributed by atoms with Crippen LogP contribution in [0.15, 0.2) is 54.6 Å². The molecule has 0 spiro atoms. The second-order valence-electron chi connectivity index (χ2n) is 6.46. The maximum absolute atomic E-state index is 13.4. The highest BCUT2D eigenvalue weighted by Crippen LogP contribution is 2.13. The Bertz CT molecular complexity index is 692. The fourth-order valence-corrected chi connectivity index (χ4v) is 2.94. The summed E-state index contributed by atoms with van der Waals surface area (Å²) in [5, 5.41) is 3.03. The van der Waals surface area contributed by atoms with E-state index in [9.17, 15) is 9.18 Å². The second kappa shape index (κ2) is 17.2. The van der Waals surface area contributed by atoms with Crippen molar-refractivity contribution in [3.63, 3.8) is 0 Å². The number of nitrogens with two attached hydrogens (primary N) is 1. The van der Waals surface area contributed by atoms with Gasteiger partial charge in [0.05, 0.1) is 0 Å². The Kier molecular flexibility index (Phi) is 15.6. The SMILES string of the molecule is C=O.CC.CNc1ccccc1.N[C@@H](CC(=O)N1CCCC1)Cc1ccccc1F. The molecular formula is C24H36FN3O2. The van der Waals surface area contributed by atoms with E-state index >= 15 is 0 Å². The molecule has 30 heavy (non-hydrogen) atoms. The van der Waals surface area contributed by atoms with Crippen molar-refractivity contribution < 1.29 is 14.0 Å². The maximum Gasteiger partial charge on any atom is 0.224 e. The van der Waals surface area contributed by atoms with Gasteiger partial charge in [-0.05, 0) is 43.0 Å². The summed E-state index contributed by atoms with van der Waals surface area (Å²) >= 11 is 0. The smallest absolute Gasteiger partial charge is 0.224 e. The molecule has 1 aliphatic rings. The number of anilines is 1. The van der Waals surface area contributed by atoms with E-state index in [1.807, 2.05) is 62.9 Å². The third kappa shape index (κ3) is 10.7. The number of para-hydroxylation sites is 1. The number of benzene rings is 2. The van der Waals surface area contributed by atoms with Gasteiger partial charge in [-0.25, -0.2) is 4.39 Å². The number of rotatable bonds is 5. The molecule has 0 bridgehead atoms. The molecule has 0 radical (unpaired) electrons. The van der Waals surface area contributed by atoms with Crippen LogP contribution < -0.4 is 11.1 Å². The van der Waals surface area contributed by atoms with Crippen molar-refractivity contribution in [2.75, 3.05) is 25.5 Å². The highest BCUT2D eigenvalue weighted by atomic mass is 19.1. The van der Waals surface area contributed by atoms with Crippen LogP contribution >= 0.6 is 0 Å². The molecule has 2 aromatic carbocycles. The third-order valence-corrected chi connectivity index (χ3v) is 4.40. The van der Waals surface area contributed by atoms with Crippen LogP contribution in [0.5, 0.6) is 0 Å². The van der Waals surface area contributed by atoms with Crippen molar-refractivity contribution in [3.05, 3.63) is 66.0 Å². The summed E-state index contributed by atoms with van der Waals surface area (Å²) in [5.41, 5.74) is 7.67. The Balaban J connectivity index is 0.000000585. The minimum absolute atomic E-state index is 0.0938. The van der Waals surface area contributed by atoms with Crippen LogP contribution in [0.2, 0.25) is 0 Å². The first-order chi connectivity index (χ1) is 14.6. The molecule has 6 heteroatoms. The summed E-state index contributed by atoms with van der Waals surface area (Å²) in [6.45, 7) is 7.68. The number of carbonyl (C=O) groups excluding carboxylic acids is 2. The molecular weight excluding hydrogens is 381 g/mol. The van der Waals surface area contributed by atoms with Crippen LogP contribution in [0.25, 0.3) is 0 Å². The molecule has 3 N–H and O–H groups in total. The van der Waals surface area contributed by atoms with Crippen molar-refractivity contribution in [1.82, 2.24) is 4.90 Å². The van der Waals surface area contributed by atoms with Crippen LogP contribution in [0.4, 0.5) is 10.1 Å². The van der Waals surface area contributed by atoms with Crippen LogP contribution in [-0.4, -0.2) is 43.8 Å². The van der Waals surface area contributed by atoms with Gasteiger partial charge in [0.15, 0.2) is 0 Å². The number of likely N-dealkylation sites (tertiary alicyclic amines) is 1. The molecule has 1 amide bonds. The molecule has 1 atom stereocenters. The van der Waals surface area contributed by atoms with Crippen molar-refractivity contribution >= 4 is 18.4 Å². The van der Waals surface area contributed by atoms with Crippen LogP contribution in [-0.2, 0) is 16.0 Å². The number of amides is 1. The van der Waals surface area contributed by atoms with E-state index < -0.39 is 0 Å². The number of hydrogen-bond acceptors (Lipinski definition) is 4. The summed E-state index contributed by atoms with van der Waals surface area (Å²) < 4.78 is 13.4. The number of halogens is 1. The van der Waals surface area contributed by atoms with Gasteiger partial charge in [-0.1, -0.05) is 50.2 Å². The van der Waals surface area contributed by atoms with Gasteiger partial charge in [0.1, 0.15) is 12.6 Å². The molecule has 0 saturated carbocycles. The molecule has 0 unspecified atom stereocenters. The predicted octanol–water partition coefficient (Wildman–Crippen LogP) is 4.28. The summed E-state index contributed by atoms with van der Waals surface area (Å²) in [5.74, 6) is -0.155. The zero-order valence-corrected chi connectivity index (χ0v) is 18.4. The number of nitrogens with one attached hydrogen (secondary N) is 1. The summed E-state index contributed by atoms with van der Waals surface area (Å²) in [4.78, 5) is 21.7. The lowest BCUT2D eigenvalue weighted by molar-refractivity contribution is -0.130. The predicted molar refractivity (Wildman–Crippen MR) is 123 cm³/mol. The van der Waals surface area contributed by atoms with Crippen molar-refractivity contribution in [2.24, 2.45) is 5.73 Å². The third-order valence-electron chi connectivity index (χ3n) is 4.40. The monoisotopic (exact) mass is 417 g/mol. The molecule has 5 nitrogen and oxygen atoms in total. The van der Waals surface area contributed by atoms with Gasteiger partial charge in [-0.3, -0.25) is 4.79 Å². The number of hydrogen-bond donors (Lipinski definition) is 2. The first-order valence-corrected chi connectivity index (χ1v) is 10.4. The van der Waals surface area contributed by atoms with E-state index in [0.717, 1.165) is 31.6 Å². The summed E-state index contributed by atoms with van der Waals surface area (Å²) in [6.07, 6.45) is 2.86. The van der Waals surface area contributed by atoms with E-state index in [2.05, 4.69) is 5.32 Å². The Morgan fingerprint density at radius 3 is 2.10 bits per heavy atom. The normalized spacial score (nSPS) is 12.8. The van der Waals surface area contributed by atoms with E-state index in [1.165, 1.54) is 6.07 Å². The largest absolute Gasteiger partial charge is 0.388 e. The lowest BCUT2D eigenvalue weighted by atomic mass is 10.0. The molecule has 0 aromatic heterocycles. The van der Waals surface area contributed by atoms with Crippen LogP contribution in [0.1, 0.15) is 38.7 Å². The van der Waals surface area contributed by atoms with Gasteiger partial charge in [0.25, 0.3) is 0 Å². The van der Waals surface area contributed by atoms with Gasteiger partial charge >= 0.3 is 0 Å². The van der Waals surface area contributed by atoms with Gasteiger partial charge in [-0.2, -0.15) is 0 Å². The molecule has 1 heterocycles. The Hall–Kier alpha value is -2.73. The molecule has 166 valence electrons. The van der Waals surface area contributed by atoms with E-state index in [0.29, 0.717) is 18.4 Å². The lowest BCUT2D eigenvalue weighted by Gasteiger charge is -2.18. The first kappa shape index (κ1) is 27.3. The fourth-order valence-electron chi connectivity index (χ4n) is 2.94. The minimum Gasteiger partial charge on any atom is -0.388 e. The minimum atomic E-state index is -0.310. The van der Waals surface area contributed by atoms with Crippen LogP contribution in [0, 0.1) is 5.82 Å². The second-order valence-corrected chi connectivity index (χ2v) is 6.46. The van der Waals surface area contributed by atoms with Gasteiger partial charge in [0.2, 0.25) is 5.91 Å². The highest BCUT2D eigenvalue weighted by molar-refractivity contribution is 5.77. The van der Waals surface area contributed by atoms with E-state index in [4.69, 9.17) is 10.5 Å². The zero-order chi connectivity index (χ0) is 22.8. The molecule has 0 aliphatic carbocycles. The molecule has 2 aromatic rings. The van der Waals surface area contributed by atoms with Crippen LogP contribution in [0.3, 0.4) is 0 Å². The molecule has 1 fully saturated rings. The molecule has 1 saturated heterocycles. The summed E-state index contributed by atoms with van der Waals surface area (Å²) in [6, 6.07) is 16.3. The molecule has 1 aliphatic heterocycles. The van der Waals surface area contributed by atoms with Crippen molar-refractivity contribution in [3.8, 4) is 0 Å². The topological polar surface area (TPSA) is 75.4 Å². The Labute approximate surface area is 180 Å². The van der Waals surface area contributed by atoms with E-state index in [-0.39, 0.29) is 17.8 Å². The highest BCUT2D eigenvalue weighted by Gasteiger charge is 2.20. The number of nitrogens with zero attached hydrogens (tertiary/aromatic N) is 1. The van der Waals surface area contributed by atoms with Gasteiger partial charge < -0.3 is 20.7 Å². The summed E-state index contributed by atoms with van der Waals surface area (Å²) in [7, 11) is 1.91. The quantitative estimate of drug-likeness (QED) is 0.761. The zero-order valence-electron chi connectivity index (χ0n) is 18.4. The van der Waals surface area contributed by atoms with Crippen molar-refractivity contribution in [1.29, 1.82) is 0 Å². The average Bonchev–Trinajstić information content (AvgIpc) is 3.34. The van der Waals surface area contributed by atoms with E-state index in [1.54, 1.807) is 18.2 Å². The van der Waals surface area contributed by atoms with Crippen molar-refractivity contribution in [2.45, 2.75) is 45.6 Å². The van der Waals surface area contributed by atoms with Gasteiger partial charge in [-0.15, -0.1) is 0 Å². The number of carbonyl (C=O) groups is 2. The first-order valence-electron chi connectivity index (χ1n) is 10.4. The maximum atomic E-state index is 13.4. The Morgan fingerprint density at radius 2 is 1.60 bits per heavy atom. The average molecular weight is 418 g/mol. The standard InChI is InChI=1S/C14H19FN2O.C7H9N.C2H6.CH2O/c15-13-6-2-1-5-11(13)9-12(16)10-14(18)17-7-3-4-8-17;1-8-7-5-3-2-4-6-7;2*1-2/h1-2,5-6,12H,3-4,7-10,16H2;2-6,8H,1H3;1-2H3;1H2/t12-;;;/m1.../s1.